The van der Waals surface area contributed by atoms with Crippen LogP contribution in [-0.4, -0.2) is 65.4 Å². The number of rotatable bonds is 9. The van der Waals surface area contributed by atoms with Gasteiger partial charge in [0.05, 0.1) is 38.5 Å². The molecule has 0 spiro atoms. The lowest BCUT2D eigenvalue weighted by molar-refractivity contribution is -0.121. The second kappa shape index (κ2) is 11.1. The Balaban J connectivity index is 1.51. The second-order valence-electron chi connectivity index (χ2n) is 7.10. The number of benzene rings is 2. The number of nitrogens with zero attached hydrogens (tertiary/aromatic N) is 2. The molecule has 32 heavy (non-hydrogen) atoms. The summed E-state index contributed by atoms with van der Waals surface area (Å²) < 4.78 is 42.4. The molecule has 1 aliphatic rings. The molecule has 1 fully saturated rings. The highest BCUT2D eigenvalue weighted by molar-refractivity contribution is 7.89. The van der Waals surface area contributed by atoms with Crippen molar-refractivity contribution in [3.05, 3.63) is 53.6 Å². The highest BCUT2D eigenvalue weighted by Gasteiger charge is 2.26. The molecule has 1 aliphatic heterocycles. The summed E-state index contributed by atoms with van der Waals surface area (Å²) in [4.78, 5) is 12.3. The predicted molar refractivity (Wildman–Crippen MR) is 120 cm³/mol. The van der Waals surface area contributed by atoms with Crippen LogP contribution in [0.2, 0.25) is 0 Å². The van der Waals surface area contributed by atoms with E-state index in [2.05, 4.69) is 10.5 Å². The lowest BCUT2D eigenvalue weighted by Gasteiger charge is -2.26. The zero-order valence-electron chi connectivity index (χ0n) is 18.1. The van der Waals surface area contributed by atoms with Crippen LogP contribution in [0.3, 0.4) is 0 Å². The van der Waals surface area contributed by atoms with E-state index in [1.54, 1.807) is 56.7 Å². The Hall–Kier alpha value is -2.95. The maximum absolute atomic E-state index is 12.7. The Morgan fingerprint density at radius 1 is 1.09 bits per heavy atom. The van der Waals surface area contributed by atoms with Crippen LogP contribution >= 0.6 is 0 Å². The third kappa shape index (κ3) is 6.28. The molecule has 0 aliphatic carbocycles. The largest absolute Gasteiger partial charge is 0.497 e. The first-order chi connectivity index (χ1) is 15.4. The van der Waals surface area contributed by atoms with E-state index in [-0.39, 0.29) is 17.2 Å². The minimum atomic E-state index is -3.52. The van der Waals surface area contributed by atoms with Crippen molar-refractivity contribution >= 4 is 22.1 Å². The third-order valence-electron chi connectivity index (χ3n) is 4.95. The zero-order valence-corrected chi connectivity index (χ0v) is 18.9. The molecule has 0 unspecified atom stereocenters. The summed E-state index contributed by atoms with van der Waals surface area (Å²) in [6.07, 6.45) is 2.19. The number of nitrogens with one attached hydrogen (secondary N) is 1. The molecule has 1 amide bonds. The maximum Gasteiger partial charge on any atom is 0.243 e. The van der Waals surface area contributed by atoms with Gasteiger partial charge in [-0.3, -0.25) is 4.79 Å². The fourth-order valence-corrected chi connectivity index (χ4v) is 4.57. The molecule has 2 aromatic carbocycles. The summed E-state index contributed by atoms with van der Waals surface area (Å²) in [6, 6.07) is 11.9. The zero-order chi connectivity index (χ0) is 23.0. The second-order valence-corrected chi connectivity index (χ2v) is 9.04. The van der Waals surface area contributed by atoms with Crippen LogP contribution in [0.25, 0.3) is 0 Å². The number of morpholine rings is 1. The molecule has 0 radical (unpaired) electrons. The molecule has 0 atom stereocenters. The Bertz CT molecular complexity index is 1030. The van der Waals surface area contributed by atoms with Crippen LogP contribution in [0.5, 0.6) is 11.5 Å². The summed E-state index contributed by atoms with van der Waals surface area (Å²) in [5, 5.41) is 3.97. The molecule has 1 N–H and O–H groups in total. The number of carbonyl (C=O) groups is 1. The van der Waals surface area contributed by atoms with Crippen LogP contribution < -0.4 is 14.9 Å². The fraction of sp³-hybridized carbons (Fsp3) is 0.364. The average Bonchev–Trinajstić information content (AvgIpc) is 2.83. The Morgan fingerprint density at radius 3 is 2.31 bits per heavy atom. The van der Waals surface area contributed by atoms with Gasteiger partial charge in [0.25, 0.3) is 0 Å². The van der Waals surface area contributed by atoms with E-state index in [0.29, 0.717) is 44.2 Å². The first kappa shape index (κ1) is 23.7. The van der Waals surface area contributed by atoms with Gasteiger partial charge in [-0.25, -0.2) is 13.8 Å². The van der Waals surface area contributed by atoms with E-state index >= 15 is 0 Å². The van der Waals surface area contributed by atoms with Crippen molar-refractivity contribution in [2.45, 2.75) is 17.7 Å². The smallest absolute Gasteiger partial charge is 0.243 e. The van der Waals surface area contributed by atoms with Gasteiger partial charge in [-0.1, -0.05) is 12.1 Å². The van der Waals surface area contributed by atoms with Crippen molar-refractivity contribution in [2.24, 2.45) is 5.10 Å². The van der Waals surface area contributed by atoms with Gasteiger partial charge in [0.1, 0.15) is 11.5 Å². The van der Waals surface area contributed by atoms with Crippen molar-refractivity contribution in [2.75, 3.05) is 40.5 Å². The Morgan fingerprint density at radius 2 is 1.72 bits per heavy atom. The number of amides is 1. The van der Waals surface area contributed by atoms with Crippen molar-refractivity contribution in [1.82, 2.24) is 9.73 Å². The summed E-state index contributed by atoms with van der Waals surface area (Å²) >= 11 is 0. The summed E-state index contributed by atoms with van der Waals surface area (Å²) in [5.74, 6) is 0.994. The normalized spacial score (nSPS) is 14.9. The first-order valence-electron chi connectivity index (χ1n) is 10.1. The van der Waals surface area contributed by atoms with E-state index in [9.17, 15) is 13.2 Å². The topological polar surface area (TPSA) is 107 Å². The minimum absolute atomic E-state index is 0.217. The lowest BCUT2D eigenvalue weighted by Crippen LogP contribution is -2.40. The number of methoxy groups -OCH3 is 2. The van der Waals surface area contributed by atoms with Gasteiger partial charge in [0.15, 0.2) is 0 Å². The molecule has 1 heterocycles. The molecule has 2 aromatic rings. The van der Waals surface area contributed by atoms with Crippen LogP contribution in [0.4, 0.5) is 0 Å². The predicted octanol–water partition coefficient (Wildman–Crippen LogP) is 1.81. The van der Waals surface area contributed by atoms with Crippen LogP contribution in [0.15, 0.2) is 52.5 Å². The molecule has 10 heteroatoms. The molecule has 172 valence electrons. The fourth-order valence-electron chi connectivity index (χ4n) is 3.16. The van der Waals surface area contributed by atoms with E-state index < -0.39 is 10.0 Å². The summed E-state index contributed by atoms with van der Waals surface area (Å²) in [5.41, 5.74) is 4.07. The third-order valence-corrected chi connectivity index (χ3v) is 6.86. The number of hydrogen-bond acceptors (Lipinski definition) is 7. The molecule has 9 nitrogen and oxygen atoms in total. The highest BCUT2D eigenvalue weighted by Crippen LogP contribution is 2.21. The average molecular weight is 462 g/mol. The minimum Gasteiger partial charge on any atom is -0.497 e. The van der Waals surface area contributed by atoms with E-state index in [1.165, 1.54) is 10.5 Å². The van der Waals surface area contributed by atoms with Crippen LogP contribution in [-0.2, 0) is 26.0 Å². The number of aryl methyl sites for hydroxylation is 1. The van der Waals surface area contributed by atoms with E-state index in [4.69, 9.17) is 14.2 Å². The van der Waals surface area contributed by atoms with E-state index in [1.807, 2.05) is 0 Å². The number of carbonyl (C=O) groups excluding carboxylic acids is 1. The molecule has 3 rings (SSSR count). The van der Waals surface area contributed by atoms with Gasteiger partial charge in [-0.15, -0.1) is 0 Å². The number of hydrogen-bond donors (Lipinski definition) is 1. The lowest BCUT2D eigenvalue weighted by atomic mass is 10.1. The van der Waals surface area contributed by atoms with Gasteiger partial charge in [-0.05, 0) is 36.2 Å². The van der Waals surface area contributed by atoms with Crippen molar-refractivity contribution in [1.29, 1.82) is 0 Å². The monoisotopic (exact) mass is 461 g/mol. The number of hydrazone groups is 1. The summed E-state index contributed by atoms with van der Waals surface area (Å²) in [7, 11) is -0.406. The van der Waals surface area contributed by atoms with Gasteiger partial charge in [-0.2, -0.15) is 9.41 Å². The molecule has 0 saturated carbocycles. The molecular weight excluding hydrogens is 434 g/mol. The number of sulfonamides is 1. The molecule has 0 bridgehead atoms. The maximum atomic E-state index is 12.7. The quantitative estimate of drug-likeness (QED) is 0.451. The van der Waals surface area contributed by atoms with Crippen molar-refractivity contribution < 1.29 is 27.4 Å². The van der Waals surface area contributed by atoms with Gasteiger partial charge >= 0.3 is 0 Å². The van der Waals surface area contributed by atoms with Gasteiger partial charge in [0, 0.05) is 31.1 Å². The first-order valence-corrected chi connectivity index (χ1v) is 11.6. The summed E-state index contributed by atoms with van der Waals surface area (Å²) in [6.45, 7) is 1.52. The van der Waals surface area contributed by atoms with Crippen LogP contribution in [0.1, 0.15) is 17.5 Å². The highest BCUT2D eigenvalue weighted by atomic mass is 32.2. The van der Waals surface area contributed by atoms with Gasteiger partial charge in [0.2, 0.25) is 15.9 Å². The van der Waals surface area contributed by atoms with Crippen molar-refractivity contribution in [3.8, 4) is 11.5 Å². The molecular formula is C22H27N3O6S. The van der Waals surface area contributed by atoms with Crippen molar-refractivity contribution in [3.63, 3.8) is 0 Å². The SMILES string of the molecule is COc1cc(/C=N/NC(=O)CCc2ccc(S(=O)(=O)N3CCOCC3)cc2)cc(OC)c1. The van der Waals surface area contributed by atoms with Gasteiger partial charge < -0.3 is 14.2 Å². The van der Waals surface area contributed by atoms with E-state index in [0.717, 1.165) is 11.1 Å². The molecule has 0 aromatic heterocycles. The Kier molecular flexibility index (Phi) is 8.20. The standard InChI is InChI=1S/C22H27N3O6S/c1-29-19-13-18(14-20(15-19)30-2)16-23-24-22(26)8-5-17-3-6-21(7-4-17)32(27,28)25-9-11-31-12-10-25/h3-4,6-7,13-16H,5,8-12H2,1-2H3,(H,24,26)/b23-16+. The number of ether oxygens (including phenoxy) is 3. The molecule has 1 saturated heterocycles. The van der Waals surface area contributed by atoms with Crippen LogP contribution in [0, 0.1) is 0 Å². The Labute approximate surface area is 188 Å².